The van der Waals surface area contributed by atoms with Gasteiger partial charge in [0.2, 0.25) is 5.75 Å². The number of methoxy groups -OCH3 is 1. The van der Waals surface area contributed by atoms with Crippen molar-refractivity contribution in [3.63, 3.8) is 0 Å². The first-order chi connectivity index (χ1) is 19.7. The molecule has 1 aromatic carbocycles. The summed E-state index contributed by atoms with van der Waals surface area (Å²) in [6, 6.07) is 7.75. The predicted octanol–water partition coefficient (Wildman–Crippen LogP) is 5.48. The second kappa shape index (κ2) is 13.8. The maximum atomic E-state index is 13.0. The number of alkyl halides is 2. The number of ether oxygens (including phenoxy) is 2. The molecule has 1 N–H and O–H groups in total. The molecule has 9 nitrogen and oxygen atoms in total. The van der Waals surface area contributed by atoms with Gasteiger partial charge in [-0.25, -0.2) is 23.7 Å². The van der Waals surface area contributed by atoms with E-state index in [0.717, 1.165) is 17.7 Å². The maximum absolute atomic E-state index is 13.0. The molecule has 1 saturated heterocycles. The summed E-state index contributed by atoms with van der Waals surface area (Å²) >= 11 is 1.32. The molecule has 3 aromatic rings. The molecular formula is C29H35F2N5O4S. The smallest absolute Gasteiger partial charge is 0.255 e. The summed E-state index contributed by atoms with van der Waals surface area (Å²) in [5.74, 6) is 1.93. The monoisotopic (exact) mass is 587 g/mol. The van der Waals surface area contributed by atoms with Crippen LogP contribution in [0.15, 0.2) is 30.6 Å². The van der Waals surface area contributed by atoms with Crippen LogP contribution in [0.1, 0.15) is 65.0 Å². The molecule has 2 atom stereocenters. The summed E-state index contributed by atoms with van der Waals surface area (Å²) in [5, 5.41) is 3.30. The first-order valence-electron chi connectivity index (χ1n) is 13.6. The molecule has 0 aliphatic carbocycles. The van der Waals surface area contributed by atoms with Crippen molar-refractivity contribution >= 4 is 34.5 Å². The van der Waals surface area contributed by atoms with Gasteiger partial charge in [-0.2, -0.15) is 0 Å². The lowest BCUT2D eigenvalue weighted by Crippen LogP contribution is -2.26. The Morgan fingerprint density at radius 3 is 2.66 bits per heavy atom. The molecule has 1 aliphatic heterocycles. The minimum Gasteiger partial charge on any atom is -0.490 e. The van der Waals surface area contributed by atoms with Crippen molar-refractivity contribution < 1.29 is 27.8 Å². The highest BCUT2D eigenvalue weighted by molar-refractivity contribution is 7.14. The number of aromatic nitrogens is 3. The van der Waals surface area contributed by atoms with Crippen molar-refractivity contribution in [3.8, 4) is 11.5 Å². The Kier molecular flexibility index (Phi) is 10.2. The van der Waals surface area contributed by atoms with Crippen molar-refractivity contribution in [2.45, 2.75) is 64.9 Å². The minimum atomic E-state index is -2.52. The Balaban J connectivity index is 1.33. The van der Waals surface area contributed by atoms with E-state index in [1.165, 1.54) is 24.8 Å². The number of anilines is 2. The molecule has 4 rings (SSSR count). The van der Waals surface area contributed by atoms with Crippen molar-refractivity contribution in [2.24, 2.45) is 0 Å². The van der Waals surface area contributed by atoms with Gasteiger partial charge < -0.3 is 19.7 Å². The van der Waals surface area contributed by atoms with Crippen LogP contribution in [-0.2, 0) is 11.2 Å². The molecule has 0 amide bonds. The topological polar surface area (TPSA) is 107 Å². The van der Waals surface area contributed by atoms with Crippen LogP contribution < -0.4 is 19.7 Å². The normalized spacial score (nSPS) is 15.7. The fourth-order valence-corrected chi connectivity index (χ4v) is 5.77. The summed E-state index contributed by atoms with van der Waals surface area (Å²) in [5.41, 5.74) is 1.71. The third-order valence-electron chi connectivity index (χ3n) is 6.94. The number of benzene rings is 1. The van der Waals surface area contributed by atoms with E-state index in [9.17, 15) is 18.4 Å². The van der Waals surface area contributed by atoms with E-state index in [2.05, 4.69) is 20.3 Å². The summed E-state index contributed by atoms with van der Waals surface area (Å²) in [4.78, 5) is 40.2. The van der Waals surface area contributed by atoms with Crippen LogP contribution in [-0.4, -0.2) is 65.8 Å². The van der Waals surface area contributed by atoms with Crippen molar-refractivity contribution in [1.82, 2.24) is 15.0 Å². The molecule has 0 unspecified atom stereocenters. The molecule has 0 spiro atoms. The van der Waals surface area contributed by atoms with Gasteiger partial charge in [0, 0.05) is 25.8 Å². The quantitative estimate of drug-likeness (QED) is 0.245. The zero-order valence-corrected chi connectivity index (χ0v) is 24.5. The van der Waals surface area contributed by atoms with Gasteiger partial charge in [0.25, 0.3) is 6.43 Å². The number of halogens is 2. The summed E-state index contributed by atoms with van der Waals surface area (Å²) in [6.45, 7) is 6.33. The maximum Gasteiger partial charge on any atom is 0.255 e. The highest BCUT2D eigenvalue weighted by Gasteiger charge is 2.29. The van der Waals surface area contributed by atoms with Crippen LogP contribution in [0, 0.1) is 6.92 Å². The number of rotatable bonds is 14. The highest BCUT2D eigenvalue weighted by Crippen LogP contribution is 2.35. The molecule has 0 saturated carbocycles. The van der Waals surface area contributed by atoms with Gasteiger partial charge in [0.05, 0.1) is 37.2 Å². The van der Waals surface area contributed by atoms with Gasteiger partial charge in [-0.1, -0.05) is 26.0 Å². The lowest BCUT2D eigenvalue weighted by molar-refractivity contribution is -0.118. The van der Waals surface area contributed by atoms with Crippen LogP contribution >= 0.6 is 11.3 Å². The number of thiazole rings is 1. The van der Waals surface area contributed by atoms with Crippen LogP contribution in [0.2, 0.25) is 0 Å². The fraction of sp³-hybridized carbons (Fsp3) is 0.483. The molecule has 0 bridgehead atoms. The Labute approximate surface area is 242 Å². The first-order valence-corrected chi connectivity index (χ1v) is 14.4. The van der Waals surface area contributed by atoms with Crippen molar-refractivity contribution in [3.05, 3.63) is 51.7 Å². The average Bonchev–Trinajstić information content (AvgIpc) is 3.57. The zero-order chi connectivity index (χ0) is 29.5. The Hall–Kier alpha value is -3.67. The molecule has 12 heteroatoms. The molecule has 2 aromatic heterocycles. The predicted molar refractivity (Wildman–Crippen MR) is 154 cm³/mol. The van der Waals surface area contributed by atoms with Gasteiger partial charge in [0.15, 0.2) is 17.4 Å². The molecule has 1 aliphatic rings. The van der Waals surface area contributed by atoms with Crippen LogP contribution in [0.25, 0.3) is 0 Å². The van der Waals surface area contributed by atoms with Crippen LogP contribution in [0.4, 0.5) is 20.4 Å². The van der Waals surface area contributed by atoms with Gasteiger partial charge in [-0.3, -0.25) is 9.59 Å². The first kappa shape index (κ1) is 30.3. The second-order valence-corrected chi connectivity index (χ2v) is 11.1. The second-order valence-electron chi connectivity index (χ2n) is 10.0. The number of aryl methyl sites for hydroxylation is 1. The summed E-state index contributed by atoms with van der Waals surface area (Å²) in [7, 11) is 1.46. The summed E-state index contributed by atoms with van der Waals surface area (Å²) < 4.78 is 37.0. The van der Waals surface area contributed by atoms with E-state index in [1.54, 1.807) is 0 Å². The molecule has 1 fully saturated rings. The highest BCUT2D eigenvalue weighted by atomic mass is 32.1. The molecular weight excluding hydrogens is 552 g/mol. The van der Waals surface area contributed by atoms with E-state index < -0.39 is 13.0 Å². The number of carbonyl (C=O) groups excluding carboxylic acids is 2. The third kappa shape index (κ3) is 7.75. The molecule has 3 heterocycles. The standard InChI is InChI=1S/C29H35F2N5O4S/c1-5-20(37)13-25-35-18(3)27(41-25)23(38)12-17(2)19-6-8-21(9-7-19)40-22-10-11-36(15-22)29-26(39-4)28(33-16-34-29)32-14-24(30)31/h6-9,16-17,22,24H,5,10-15H2,1-4H3,(H,32,33,34)/t17-,22-/m1/s1. The number of nitrogens with zero attached hydrogens (tertiary/aromatic N) is 4. The Morgan fingerprint density at radius 1 is 1.22 bits per heavy atom. The summed E-state index contributed by atoms with van der Waals surface area (Å²) in [6.07, 6.45) is 0.538. The Bertz CT molecular complexity index is 1350. The van der Waals surface area contributed by atoms with Gasteiger partial charge in [0.1, 0.15) is 29.0 Å². The molecule has 220 valence electrons. The lowest BCUT2D eigenvalue weighted by Gasteiger charge is -2.21. The van der Waals surface area contributed by atoms with Crippen molar-refractivity contribution in [2.75, 3.05) is 37.0 Å². The van der Waals surface area contributed by atoms with E-state index in [-0.39, 0.29) is 35.8 Å². The number of ketones is 2. The SMILES string of the molecule is CCC(=O)Cc1nc(C)c(C(=O)C[C@@H](C)c2ccc(O[C@@H]3CCN(c4ncnc(NCC(F)F)c4OC)C3)cc2)s1. The van der Waals surface area contributed by atoms with Crippen LogP contribution in [0.3, 0.4) is 0 Å². The van der Waals surface area contributed by atoms with Gasteiger partial charge >= 0.3 is 0 Å². The zero-order valence-electron chi connectivity index (χ0n) is 23.7. The van der Waals surface area contributed by atoms with E-state index in [0.29, 0.717) is 53.1 Å². The largest absolute Gasteiger partial charge is 0.490 e. The van der Waals surface area contributed by atoms with E-state index in [4.69, 9.17) is 9.47 Å². The lowest BCUT2D eigenvalue weighted by atomic mass is 9.95. The van der Waals surface area contributed by atoms with Crippen molar-refractivity contribution in [1.29, 1.82) is 0 Å². The minimum absolute atomic E-state index is 0.00106. The van der Waals surface area contributed by atoms with Gasteiger partial charge in [-0.05, 0) is 30.5 Å². The number of Topliss-reactive ketones (excluding diaryl/α,β-unsaturated/α-hetero) is 2. The number of nitrogens with one attached hydrogen (secondary N) is 1. The Morgan fingerprint density at radius 2 is 1.98 bits per heavy atom. The average molecular weight is 588 g/mol. The van der Waals surface area contributed by atoms with E-state index >= 15 is 0 Å². The van der Waals surface area contributed by atoms with E-state index in [1.807, 2.05) is 49.9 Å². The fourth-order valence-electron chi connectivity index (χ4n) is 4.73. The molecule has 0 radical (unpaired) electrons. The number of hydrogen-bond acceptors (Lipinski definition) is 10. The van der Waals surface area contributed by atoms with Crippen LogP contribution in [0.5, 0.6) is 11.5 Å². The third-order valence-corrected chi connectivity index (χ3v) is 8.14. The van der Waals surface area contributed by atoms with Gasteiger partial charge in [-0.15, -0.1) is 11.3 Å². The number of hydrogen-bond donors (Lipinski definition) is 1. The number of carbonyl (C=O) groups is 2. The molecule has 41 heavy (non-hydrogen) atoms.